The molecule has 0 aliphatic carbocycles. The molecule has 0 saturated carbocycles. The molecule has 0 aliphatic rings. The van der Waals surface area contributed by atoms with Crippen LogP contribution in [-0.4, -0.2) is 25.6 Å². The first-order valence-electron chi connectivity index (χ1n) is 6.91. The average Bonchev–Trinajstić information content (AvgIpc) is 2.76. The van der Waals surface area contributed by atoms with Gasteiger partial charge in [0.05, 0.1) is 0 Å². The van der Waals surface area contributed by atoms with Crippen molar-refractivity contribution in [3.05, 3.63) is 28.4 Å². The Morgan fingerprint density at radius 3 is 2.90 bits per heavy atom. The highest BCUT2D eigenvalue weighted by Gasteiger charge is 2.08. The van der Waals surface area contributed by atoms with Gasteiger partial charge in [-0.3, -0.25) is 9.36 Å². The van der Waals surface area contributed by atoms with Gasteiger partial charge in [0.25, 0.3) is 0 Å². The molecule has 6 nitrogen and oxygen atoms in total. The number of hydrogen-bond acceptors (Lipinski definition) is 3. The summed E-state index contributed by atoms with van der Waals surface area (Å²) in [7, 11) is 0. The number of nitrogens with zero attached hydrogens (tertiary/aromatic N) is 2. The maximum Gasteiger partial charge on any atom is 0.350 e. The minimum absolute atomic E-state index is 0.362. The molecule has 0 aromatic carbocycles. The van der Waals surface area contributed by atoms with Crippen LogP contribution in [0.4, 0.5) is 0 Å². The molecule has 2 N–H and O–H groups in total. The molecule has 2 aromatic heterocycles. The Morgan fingerprint density at radius 2 is 2.20 bits per heavy atom. The number of hydrogen-bond donors (Lipinski definition) is 2. The third-order valence-electron chi connectivity index (χ3n) is 3.24. The van der Waals surface area contributed by atoms with Crippen LogP contribution in [0, 0.1) is 0 Å². The van der Waals surface area contributed by atoms with E-state index in [1.807, 2.05) is 6.07 Å². The van der Waals surface area contributed by atoms with Crippen LogP contribution < -0.4 is 5.69 Å². The molecule has 0 spiro atoms. The Kier molecular flexibility index (Phi) is 4.55. The number of carboxylic acids is 1. The van der Waals surface area contributed by atoms with E-state index < -0.39 is 11.7 Å². The lowest BCUT2D eigenvalue weighted by Crippen LogP contribution is -2.25. The van der Waals surface area contributed by atoms with Crippen LogP contribution in [0.3, 0.4) is 0 Å². The van der Waals surface area contributed by atoms with Gasteiger partial charge in [0.1, 0.15) is 12.2 Å². The molecule has 0 atom stereocenters. The number of aromatic amines is 1. The maximum absolute atomic E-state index is 11.6. The van der Waals surface area contributed by atoms with E-state index in [9.17, 15) is 9.59 Å². The highest BCUT2D eigenvalue weighted by atomic mass is 16.4. The molecule has 0 fully saturated rings. The van der Waals surface area contributed by atoms with Crippen molar-refractivity contribution < 1.29 is 9.90 Å². The van der Waals surface area contributed by atoms with Crippen molar-refractivity contribution in [2.45, 2.75) is 45.6 Å². The third-order valence-corrected chi connectivity index (χ3v) is 3.24. The van der Waals surface area contributed by atoms with Crippen LogP contribution in [0.5, 0.6) is 0 Å². The molecule has 0 amide bonds. The van der Waals surface area contributed by atoms with Gasteiger partial charge in [-0.2, -0.15) is 4.98 Å². The fourth-order valence-electron chi connectivity index (χ4n) is 2.23. The van der Waals surface area contributed by atoms with Crippen molar-refractivity contribution in [3.63, 3.8) is 0 Å². The smallest absolute Gasteiger partial charge is 0.350 e. The Morgan fingerprint density at radius 1 is 1.40 bits per heavy atom. The molecule has 2 aromatic rings. The van der Waals surface area contributed by atoms with Crippen LogP contribution in [0.1, 0.15) is 38.3 Å². The summed E-state index contributed by atoms with van der Waals surface area (Å²) in [6.07, 6.45) is 7.17. The first kappa shape index (κ1) is 14.3. The van der Waals surface area contributed by atoms with Crippen molar-refractivity contribution in [1.82, 2.24) is 14.5 Å². The lowest BCUT2D eigenvalue weighted by molar-refractivity contribution is -0.137. The van der Waals surface area contributed by atoms with Gasteiger partial charge in [0, 0.05) is 17.3 Å². The third kappa shape index (κ3) is 3.46. The summed E-state index contributed by atoms with van der Waals surface area (Å²) in [6.45, 7) is 1.81. The first-order chi connectivity index (χ1) is 9.60. The van der Waals surface area contributed by atoms with Gasteiger partial charge in [-0.25, -0.2) is 4.79 Å². The highest BCUT2D eigenvalue weighted by molar-refractivity contribution is 5.75. The van der Waals surface area contributed by atoms with Crippen molar-refractivity contribution in [1.29, 1.82) is 0 Å². The van der Waals surface area contributed by atoms with Crippen LogP contribution in [-0.2, 0) is 17.8 Å². The molecule has 0 saturated heterocycles. The summed E-state index contributed by atoms with van der Waals surface area (Å²) in [6, 6.07) is 1.94. The molecule has 20 heavy (non-hydrogen) atoms. The number of aryl methyl sites for hydroxylation is 1. The molecule has 2 rings (SSSR count). The maximum atomic E-state index is 11.6. The van der Waals surface area contributed by atoms with Crippen molar-refractivity contribution in [2.24, 2.45) is 0 Å². The topological polar surface area (TPSA) is 88.0 Å². The number of H-pyrrole nitrogens is 1. The van der Waals surface area contributed by atoms with Crippen LogP contribution >= 0.6 is 0 Å². The van der Waals surface area contributed by atoms with Gasteiger partial charge >= 0.3 is 11.7 Å². The van der Waals surface area contributed by atoms with Crippen LogP contribution in [0.25, 0.3) is 11.0 Å². The fourth-order valence-corrected chi connectivity index (χ4v) is 2.23. The zero-order valence-electron chi connectivity index (χ0n) is 11.6. The second-order valence-electron chi connectivity index (χ2n) is 4.95. The van der Waals surface area contributed by atoms with E-state index in [4.69, 9.17) is 5.11 Å². The van der Waals surface area contributed by atoms with Gasteiger partial charge in [0.2, 0.25) is 0 Å². The first-order valence-corrected chi connectivity index (χ1v) is 6.91. The Labute approximate surface area is 116 Å². The van der Waals surface area contributed by atoms with E-state index in [1.54, 1.807) is 6.20 Å². The van der Waals surface area contributed by atoms with Gasteiger partial charge in [0.15, 0.2) is 0 Å². The fraction of sp³-hybridized carbons (Fsp3) is 0.500. The molecule has 6 heteroatoms. The standard InChI is InChI=1S/C14H19N3O3/c1-2-3-4-5-6-11-7-10-8-17(9-12(18)19)14(20)16-13(10)15-11/h7-8H,2-6,9H2,1H3,(H,18,19)(H,15,16,20). The summed E-state index contributed by atoms with van der Waals surface area (Å²) in [5.41, 5.74) is 1.03. The number of carbonyl (C=O) groups is 1. The number of aromatic nitrogens is 3. The highest BCUT2D eigenvalue weighted by Crippen LogP contribution is 2.14. The predicted octanol–water partition coefficient (Wildman–Crippen LogP) is 1.93. The molecular weight excluding hydrogens is 258 g/mol. The minimum Gasteiger partial charge on any atom is -0.480 e. The molecule has 0 aliphatic heterocycles. The zero-order chi connectivity index (χ0) is 14.5. The molecule has 108 valence electrons. The van der Waals surface area contributed by atoms with Crippen LogP contribution in [0.2, 0.25) is 0 Å². The largest absolute Gasteiger partial charge is 0.480 e. The van der Waals surface area contributed by atoms with E-state index >= 15 is 0 Å². The number of unbranched alkanes of at least 4 members (excludes halogenated alkanes) is 3. The molecule has 0 unspecified atom stereocenters. The summed E-state index contributed by atoms with van der Waals surface area (Å²) in [5, 5.41) is 9.51. The van der Waals surface area contributed by atoms with Crippen molar-refractivity contribution in [3.8, 4) is 0 Å². The number of nitrogens with one attached hydrogen (secondary N) is 1. The van der Waals surface area contributed by atoms with Gasteiger partial charge in [-0.15, -0.1) is 0 Å². The Bertz CT molecular complexity index is 657. The summed E-state index contributed by atoms with van der Waals surface area (Å²) >= 11 is 0. The summed E-state index contributed by atoms with van der Waals surface area (Å²) in [5.74, 6) is -1.05. The second-order valence-corrected chi connectivity index (χ2v) is 4.95. The summed E-state index contributed by atoms with van der Waals surface area (Å²) in [4.78, 5) is 29.3. The van der Waals surface area contributed by atoms with E-state index in [0.29, 0.717) is 5.65 Å². The van der Waals surface area contributed by atoms with E-state index in [1.165, 1.54) is 19.3 Å². The molecule has 2 heterocycles. The van der Waals surface area contributed by atoms with Gasteiger partial charge in [-0.1, -0.05) is 26.2 Å². The second kappa shape index (κ2) is 6.36. The molecular formula is C14H19N3O3. The van der Waals surface area contributed by atoms with E-state index in [0.717, 1.165) is 28.5 Å². The Hall–Kier alpha value is -2.11. The predicted molar refractivity (Wildman–Crippen MR) is 75.8 cm³/mol. The van der Waals surface area contributed by atoms with E-state index in [2.05, 4.69) is 16.9 Å². The molecule has 0 bridgehead atoms. The minimum atomic E-state index is -1.05. The van der Waals surface area contributed by atoms with Crippen LogP contribution in [0.15, 0.2) is 17.1 Å². The normalized spacial score (nSPS) is 11.1. The Balaban J connectivity index is 2.16. The van der Waals surface area contributed by atoms with Crippen molar-refractivity contribution in [2.75, 3.05) is 0 Å². The van der Waals surface area contributed by atoms with E-state index in [-0.39, 0.29) is 6.54 Å². The summed E-state index contributed by atoms with van der Waals surface area (Å²) < 4.78 is 1.11. The lowest BCUT2D eigenvalue weighted by Gasteiger charge is -1.99. The zero-order valence-corrected chi connectivity index (χ0v) is 11.6. The van der Waals surface area contributed by atoms with Gasteiger partial charge < -0.3 is 10.1 Å². The lowest BCUT2D eigenvalue weighted by atomic mass is 10.1. The number of fused-ring (bicyclic) bond motifs is 1. The monoisotopic (exact) mass is 277 g/mol. The van der Waals surface area contributed by atoms with Gasteiger partial charge in [-0.05, 0) is 18.9 Å². The number of carboxylic acid groups (broad SMARTS) is 1. The van der Waals surface area contributed by atoms with Crippen molar-refractivity contribution >= 4 is 17.0 Å². The average molecular weight is 277 g/mol. The molecule has 0 radical (unpaired) electrons. The number of rotatable bonds is 7. The quantitative estimate of drug-likeness (QED) is 0.757. The number of aliphatic carboxylic acids is 1. The SMILES string of the molecule is CCCCCCc1cc2cn(CC(=O)O)c(=O)nc2[nH]1.